The van der Waals surface area contributed by atoms with Gasteiger partial charge in [0.1, 0.15) is 0 Å². The minimum Gasteiger partial charge on any atom is -0.367 e. The molecule has 1 rings (SSSR count). The van der Waals surface area contributed by atoms with Crippen molar-refractivity contribution in [2.45, 2.75) is 31.8 Å². The molecule has 4 nitrogen and oxygen atoms in total. The quantitative estimate of drug-likeness (QED) is 0.370. The van der Waals surface area contributed by atoms with Crippen LogP contribution in [0.3, 0.4) is 0 Å². The Hall–Kier alpha value is -0.160. The van der Waals surface area contributed by atoms with Crippen LogP contribution in [0, 0.1) is 5.41 Å². The highest BCUT2D eigenvalue weighted by atomic mass is 16.5. The molecule has 4 N–H and O–H groups in total. The van der Waals surface area contributed by atoms with E-state index in [-0.39, 0.29) is 0 Å². The number of aliphatic hydroxyl groups excluding tert-OH is 2. The van der Waals surface area contributed by atoms with Crippen molar-refractivity contribution < 1.29 is 20.4 Å². The van der Waals surface area contributed by atoms with E-state index in [0.29, 0.717) is 12.8 Å². The SMILES string of the molecule is OC(O)C1(C(O)O)CCC1. The molecule has 0 aromatic heterocycles. The number of rotatable bonds is 2. The number of hydrogen-bond acceptors (Lipinski definition) is 4. The largest absolute Gasteiger partial charge is 0.367 e. The van der Waals surface area contributed by atoms with Crippen LogP contribution in [0.5, 0.6) is 0 Å². The zero-order valence-corrected chi connectivity index (χ0v) is 5.56. The topological polar surface area (TPSA) is 80.9 Å². The zero-order chi connectivity index (χ0) is 7.78. The van der Waals surface area contributed by atoms with E-state index < -0.39 is 18.0 Å². The first-order valence-corrected chi connectivity index (χ1v) is 3.32. The monoisotopic (exact) mass is 148 g/mol. The number of aliphatic hydroxyl groups is 4. The summed E-state index contributed by atoms with van der Waals surface area (Å²) in [4.78, 5) is 0. The molecule has 1 aliphatic carbocycles. The minimum absolute atomic E-state index is 0.475. The van der Waals surface area contributed by atoms with Gasteiger partial charge < -0.3 is 20.4 Å². The minimum atomic E-state index is -1.61. The summed E-state index contributed by atoms with van der Waals surface area (Å²) in [6.07, 6.45) is -1.44. The van der Waals surface area contributed by atoms with Crippen LogP contribution in [0.1, 0.15) is 19.3 Å². The molecule has 0 bridgehead atoms. The summed E-state index contributed by atoms with van der Waals surface area (Å²) in [5.74, 6) is 0. The highest BCUT2D eigenvalue weighted by Gasteiger charge is 2.48. The fraction of sp³-hybridized carbons (Fsp3) is 1.00. The molecule has 0 aromatic rings. The maximum Gasteiger partial charge on any atom is 0.161 e. The molecular weight excluding hydrogens is 136 g/mol. The molecule has 0 heterocycles. The van der Waals surface area contributed by atoms with Gasteiger partial charge in [-0.25, -0.2) is 0 Å². The maximum atomic E-state index is 8.73. The lowest BCUT2D eigenvalue weighted by molar-refractivity contribution is -0.264. The van der Waals surface area contributed by atoms with Gasteiger partial charge in [-0.15, -0.1) is 0 Å². The van der Waals surface area contributed by atoms with Gasteiger partial charge in [-0.05, 0) is 12.8 Å². The van der Waals surface area contributed by atoms with Crippen LogP contribution < -0.4 is 0 Å². The van der Waals surface area contributed by atoms with E-state index in [4.69, 9.17) is 20.4 Å². The second-order valence-electron chi connectivity index (χ2n) is 2.83. The molecule has 0 aromatic carbocycles. The predicted molar refractivity (Wildman–Crippen MR) is 32.7 cm³/mol. The van der Waals surface area contributed by atoms with Crippen LogP contribution in [-0.2, 0) is 0 Å². The van der Waals surface area contributed by atoms with Gasteiger partial charge in [0.25, 0.3) is 0 Å². The van der Waals surface area contributed by atoms with Gasteiger partial charge in [-0.2, -0.15) is 0 Å². The fourth-order valence-electron chi connectivity index (χ4n) is 1.23. The standard InChI is InChI=1S/C6H12O4/c7-4(8)6(5(9)10)2-1-3-6/h4-5,7-10H,1-3H2. The van der Waals surface area contributed by atoms with Crippen molar-refractivity contribution in [3.8, 4) is 0 Å². The van der Waals surface area contributed by atoms with Crippen molar-refractivity contribution in [3.63, 3.8) is 0 Å². The van der Waals surface area contributed by atoms with Gasteiger partial charge in [-0.1, -0.05) is 6.42 Å². The van der Waals surface area contributed by atoms with Gasteiger partial charge >= 0.3 is 0 Å². The van der Waals surface area contributed by atoms with Crippen molar-refractivity contribution in [1.82, 2.24) is 0 Å². The Labute approximate surface area is 58.7 Å². The van der Waals surface area contributed by atoms with Crippen molar-refractivity contribution in [1.29, 1.82) is 0 Å². The van der Waals surface area contributed by atoms with E-state index in [2.05, 4.69) is 0 Å². The highest BCUT2D eigenvalue weighted by molar-refractivity contribution is 4.91. The molecule has 0 unspecified atom stereocenters. The Morgan fingerprint density at radius 3 is 1.30 bits per heavy atom. The Morgan fingerprint density at radius 1 is 0.900 bits per heavy atom. The molecule has 10 heavy (non-hydrogen) atoms. The van der Waals surface area contributed by atoms with Crippen LogP contribution in [0.4, 0.5) is 0 Å². The third-order valence-corrected chi connectivity index (χ3v) is 2.31. The van der Waals surface area contributed by atoms with E-state index in [9.17, 15) is 0 Å². The predicted octanol–water partition coefficient (Wildman–Crippen LogP) is -1.22. The summed E-state index contributed by atoms with van der Waals surface area (Å²) >= 11 is 0. The molecule has 1 saturated carbocycles. The van der Waals surface area contributed by atoms with Gasteiger partial charge in [0, 0.05) is 0 Å². The second kappa shape index (κ2) is 2.47. The molecule has 0 amide bonds. The second-order valence-corrected chi connectivity index (χ2v) is 2.83. The van der Waals surface area contributed by atoms with E-state index in [0.717, 1.165) is 6.42 Å². The van der Waals surface area contributed by atoms with E-state index in [1.165, 1.54) is 0 Å². The third-order valence-electron chi connectivity index (χ3n) is 2.31. The normalized spacial score (nSPS) is 23.4. The molecule has 0 radical (unpaired) electrons. The molecule has 60 valence electrons. The molecule has 0 spiro atoms. The molecular formula is C6H12O4. The smallest absolute Gasteiger partial charge is 0.161 e. The zero-order valence-electron chi connectivity index (χ0n) is 5.56. The van der Waals surface area contributed by atoms with Gasteiger partial charge in [-0.3, -0.25) is 0 Å². The van der Waals surface area contributed by atoms with Gasteiger partial charge in [0.05, 0.1) is 5.41 Å². The summed E-state index contributed by atoms with van der Waals surface area (Å²) in [5, 5.41) is 34.9. The van der Waals surface area contributed by atoms with Crippen LogP contribution >= 0.6 is 0 Å². The van der Waals surface area contributed by atoms with E-state index in [1.807, 2.05) is 0 Å². The average Bonchev–Trinajstić information content (AvgIpc) is 1.57. The molecule has 1 fully saturated rings. The molecule has 4 heteroatoms. The van der Waals surface area contributed by atoms with Crippen molar-refractivity contribution in [3.05, 3.63) is 0 Å². The van der Waals surface area contributed by atoms with Crippen LogP contribution in [0.15, 0.2) is 0 Å². The maximum absolute atomic E-state index is 8.73. The van der Waals surface area contributed by atoms with Crippen LogP contribution in [-0.4, -0.2) is 33.0 Å². The van der Waals surface area contributed by atoms with Crippen LogP contribution in [0.25, 0.3) is 0 Å². The van der Waals surface area contributed by atoms with Crippen molar-refractivity contribution in [2.24, 2.45) is 5.41 Å². The first-order valence-electron chi connectivity index (χ1n) is 3.32. The lowest BCUT2D eigenvalue weighted by atomic mass is 9.67. The Morgan fingerprint density at radius 2 is 1.30 bits per heavy atom. The Bertz CT molecular complexity index is 107. The lowest BCUT2D eigenvalue weighted by Gasteiger charge is -2.44. The fourth-order valence-corrected chi connectivity index (χ4v) is 1.23. The molecule has 1 aliphatic rings. The third kappa shape index (κ3) is 0.932. The van der Waals surface area contributed by atoms with Gasteiger partial charge in [0.15, 0.2) is 12.6 Å². The highest BCUT2D eigenvalue weighted by Crippen LogP contribution is 2.45. The summed E-state index contributed by atoms with van der Waals surface area (Å²) in [6, 6.07) is 0. The summed E-state index contributed by atoms with van der Waals surface area (Å²) < 4.78 is 0. The van der Waals surface area contributed by atoms with E-state index >= 15 is 0 Å². The lowest BCUT2D eigenvalue weighted by Crippen LogP contribution is -2.50. The first-order chi connectivity index (χ1) is 4.59. The van der Waals surface area contributed by atoms with Crippen LogP contribution in [0.2, 0.25) is 0 Å². The van der Waals surface area contributed by atoms with Crippen molar-refractivity contribution in [2.75, 3.05) is 0 Å². The summed E-state index contributed by atoms with van der Waals surface area (Å²) in [5.41, 5.74) is -1.06. The Kier molecular flexibility index (Phi) is 1.96. The van der Waals surface area contributed by atoms with Crippen molar-refractivity contribution >= 4 is 0 Å². The average molecular weight is 148 g/mol. The number of hydrogen-bond donors (Lipinski definition) is 4. The Balaban J connectivity index is 2.59. The molecule has 0 atom stereocenters. The molecule has 0 saturated heterocycles. The molecule has 0 aliphatic heterocycles. The summed E-state index contributed by atoms with van der Waals surface area (Å²) in [6.45, 7) is 0. The van der Waals surface area contributed by atoms with Gasteiger partial charge in [0.2, 0.25) is 0 Å². The summed E-state index contributed by atoms with van der Waals surface area (Å²) in [7, 11) is 0. The first kappa shape index (κ1) is 7.94. The van der Waals surface area contributed by atoms with E-state index in [1.54, 1.807) is 0 Å².